The van der Waals surface area contributed by atoms with E-state index in [0.29, 0.717) is 46.4 Å². The minimum atomic E-state index is -0.123. The lowest BCUT2D eigenvalue weighted by atomic mass is 10.1. The first-order valence-corrected chi connectivity index (χ1v) is 15.2. The number of carbonyl (C=O) groups is 1. The van der Waals surface area contributed by atoms with E-state index in [2.05, 4.69) is 15.9 Å². The van der Waals surface area contributed by atoms with Crippen LogP contribution in [0.3, 0.4) is 0 Å². The molecule has 1 fully saturated rings. The molecule has 0 spiro atoms. The predicted molar refractivity (Wildman–Crippen MR) is 174 cm³/mol. The zero-order valence-corrected chi connectivity index (χ0v) is 26.2. The third-order valence-electron chi connectivity index (χ3n) is 6.29. The van der Waals surface area contributed by atoms with Crippen LogP contribution in [0.5, 0.6) is 17.2 Å². The van der Waals surface area contributed by atoms with Gasteiger partial charge in [-0.1, -0.05) is 54.1 Å². The van der Waals surface area contributed by atoms with Crippen molar-refractivity contribution >= 4 is 62.1 Å². The zero-order valence-electron chi connectivity index (χ0n) is 23.1. The van der Waals surface area contributed by atoms with Gasteiger partial charge >= 0.3 is 0 Å². The number of para-hydroxylation sites is 1. The second-order valence-corrected chi connectivity index (χ2v) is 11.6. The van der Waals surface area contributed by atoms with Crippen LogP contribution in [0, 0.1) is 0 Å². The van der Waals surface area contributed by atoms with E-state index in [9.17, 15) is 4.79 Å². The first kappa shape index (κ1) is 29.8. The fraction of sp³-hybridized carbons (Fsp3) is 0.152. The van der Waals surface area contributed by atoms with Gasteiger partial charge in [-0.25, -0.2) is 4.99 Å². The number of carbonyl (C=O) groups excluding carboxylic acids is 1. The number of amides is 1. The molecule has 5 rings (SSSR count). The topological polar surface area (TPSA) is 60.4 Å². The minimum Gasteiger partial charge on any atom is -0.497 e. The van der Waals surface area contributed by atoms with Crippen molar-refractivity contribution in [1.82, 2.24) is 4.90 Å². The van der Waals surface area contributed by atoms with E-state index >= 15 is 0 Å². The Morgan fingerprint density at radius 3 is 2.36 bits per heavy atom. The third-order valence-corrected chi connectivity index (χ3v) is 8.14. The Bertz CT molecular complexity index is 1610. The van der Waals surface area contributed by atoms with Crippen molar-refractivity contribution in [2.75, 3.05) is 13.7 Å². The average molecular weight is 664 g/mol. The molecule has 0 atom stereocenters. The van der Waals surface area contributed by atoms with Crippen LogP contribution < -0.4 is 14.2 Å². The lowest BCUT2D eigenvalue weighted by Crippen LogP contribution is -2.28. The van der Waals surface area contributed by atoms with Crippen LogP contribution in [0.25, 0.3) is 6.08 Å². The minimum absolute atomic E-state index is 0.123. The summed E-state index contributed by atoms with van der Waals surface area (Å²) in [5.41, 5.74) is 3.52. The number of amidine groups is 1. The highest BCUT2D eigenvalue weighted by atomic mass is 79.9. The van der Waals surface area contributed by atoms with Gasteiger partial charge in [0.05, 0.1) is 35.3 Å². The molecule has 1 heterocycles. The number of methoxy groups -OCH3 is 1. The summed E-state index contributed by atoms with van der Waals surface area (Å²) in [5.74, 6) is 1.81. The lowest BCUT2D eigenvalue weighted by Gasteiger charge is -2.16. The van der Waals surface area contributed by atoms with Crippen LogP contribution in [-0.2, 0) is 17.9 Å². The standard InChI is InChI=1S/C33H28BrClN2O4S/c1-3-40-29-18-24(17-28(34)31(29)41-21-23-9-13-25(35)14-10-23)19-30-32(38)37(20-22-11-15-27(39-2)16-12-22)33(42-30)36-26-7-5-4-6-8-26/h4-19H,3,20-21H2,1-2H3/b30-19-,36-33?. The van der Waals surface area contributed by atoms with Gasteiger partial charge in [0.25, 0.3) is 5.91 Å². The number of ether oxygens (including phenoxy) is 3. The van der Waals surface area contributed by atoms with E-state index in [1.54, 1.807) is 12.0 Å². The van der Waals surface area contributed by atoms with Crippen LogP contribution in [0.4, 0.5) is 5.69 Å². The van der Waals surface area contributed by atoms with Crippen LogP contribution in [0.15, 0.2) is 105 Å². The summed E-state index contributed by atoms with van der Waals surface area (Å²) in [6.45, 7) is 3.11. The molecular weight excluding hydrogens is 636 g/mol. The molecule has 4 aromatic rings. The second kappa shape index (κ2) is 14.0. The number of aliphatic imine (C=N–C) groups is 1. The Labute approximate surface area is 263 Å². The maximum Gasteiger partial charge on any atom is 0.267 e. The van der Waals surface area contributed by atoms with Gasteiger partial charge in [-0.15, -0.1) is 0 Å². The summed E-state index contributed by atoms with van der Waals surface area (Å²) in [6, 6.07) is 28.6. The maximum absolute atomic E-state index is 13.7. The van der Waals surface area contributed by atoms with Crippen molar-refractivity contribution in [1.29, 1.82) is 0 Å². The summed E-state index contributed by atoms with van der Waals surface area (Å²) in [6.07, 6.45) is 1.86. The van der Waals surface area contributed by atoms with Crippen molar-refractivity contribution in [3.8, 4) is 17.2 Å². The molecule has 0 saturated carbocycles. The first-order chi connectivity index (χ1) is 20.4. The van der Waals surface area contributed by atoms with Crippen molar-refractivity contribution in [3.05, 3.63) is 122 Å². The summed E-state index contributed by atoms with van der Waals surface area (Å²) < 4.78 is 18.1. The van der Waals surface area contributed by atoms with E-state index in [4.69, 9.17) is 30.8 Å². The Morgan fingerprint density at radius 2 is 1.67 bits per heavy atom. The van der Waals surface area contributed by atoms with Crippen molar-refractivity contribution in [3.63, 3.8) is 0 Å². The fourth-order valence-corrected chi connectivity index (χ4v) is 5.92. The summed E-state index contributed by atoms with van der Waals surface area (Å²) >= 11 is 11.0. The van der Waals surface area contributed by atoms with Crippen LogP contribution in [0.1, 0.15) is 23.6 Å². The number of halogens is 2. The number of benzene rings is 4. The monoisotopic (exact) mass is 662 g/mol. The van der Waals surface area contributed by atoms with Crippen LogP contribution in [-0.4, -0.2) is 29.7 Å². The average Bonchev–Trinajstić information content (AvgIpc) is 3.27. The summed E-state index contributed by atoms with van der Waals surface area (Å²) in [7, 11) is 1.63. The van der Waals surface area contributed by atoms with Gasteiger partial charge in [-0.2, -0.15) is 0 Å². The van der Waals surface area contributed by atoms with E-state index in [1.807, 2.05) is 104 Å². The van der Waals surface area contributed by atoms with Gasteiger partial charge in [0.15, 0.2) is 16.7 Å². The number of nitrogens with zero attached hydrogens (tertiary/aromatic N) is 2. The SMILES string of the molecule is CCOc1cc(/C=C2\SC(=Nc3ccccc3)N(Cc3ccc(OC)cc3)C2=O)cc(Br)c1OCc1ccc(Cl)cc1. The molecule has 0 N–H and O–H groups in total. The summed E-state index contributed by atoms with van der Waals surface area (Å²) in [4.78, 5) is 20.8. The van der Waals surface area contributed by atoms with Gasteiger partial charge < -0.3 is 14.2 Å². The van der Waals surface area contributed by atoms with Gasteiger partial charge in [-0.05, 0) is 106 Å². The molecule has 0 unspecified atom stereocenters. The molecule has 0 aliphatic carbocycles. The molecule has 214 valence electrons. The Kier molecular flexibility index (Phi) is 9.89. The zero-order chi connectivity index (χ0) is 29.5. The highest BCUT2D eigenvalue weighted by Crippen LogP contribution is 2.40. The van der Waals surface area contributed by atoms with Gasteiger partial charge in [-0.3, -0.25) is 9.69 Å². The number of hydrogen-bond donors (Lipinski definition) is 0. The smallest absolute Gasteiger partial charge is 0.267 e. The van der Waals surface area contributed by atoms with Gasteiger partial charge in [0.2, 0.25) is 0 Å². The highest BCUT2D eigenvalue weighted by Gasteiger charge is 2.33. The van der Waals surface area contributed by atoms with Crippen molar-refractivity contribution < 1.29 is 19.0 Å². The normalized spacial score (nSPS) is 15.0. The predicted octanol–water partition coefficient (Wildman–Crippen LogP) is 8.89. The molecule has 6 nitrogen and oxygen atoms in total. The largest absolute Gasteiger partial charge is 0.497 e. The Morgan fingerprint density at radius 1 is 0.952 bits per heavy atom. The summed E-state index contributed by atoms with van der Waals surface area (Å²) in [5, 5.41) is 1.28. The molecule has 0 radical (unpaired) electrons. The highest BCUT2D eigenvalue weighted by molar-refractivity contribution is 9.10. The number of hydrogen-bond acceptors (Lipinski definition) is 6. The van der Waals surface area contributed by atoms with Crippen LogP contribution >= 0.6 is 39.3 Å². The van der Waals surface area contributed by atoms with Gasteiger partial charge in [0.1, 0.15) is 12.4 Å². The molecule has 0 aromatic heterocycles. The quantitative estimate of drug-likeness (QED) is 0.159. The number of thioether (sulfide) groups is 1. The Balaban J connectivity index is 1.44. The maximum atomic E-state index is 13.7. The molecule has 1 amide bonds. The molecule has 42 heavy (non-hydrogen) atoms. The van der Waals surface area contributed by atoms with Crippen molar-refractivity contribution in [2.45, 2.75) is 20.1 Å². The molecular formula is C33H28BrClN2O4S. The number of rotatable bonds is 10. The molecule has 1 aliphatic rings. The lowest BCUT2D eigenvalue weighted by molar-refractivity contribution is -0.122. The first-order valence-electron chi connectivity index (χ1n) is 13.2. The van der Waals surface area contributed by atoms with E-state index in [0.717, 1.165) is 32.6 Å². The molecule has 0 bridgehead atoms. The Hall–Kier alpha value is -3.72. The molecule has 9 heteroatoms. The fourth-order valence-electron chi connectivity index (χ4n) is 4.22. The third kappa shape index (κ3) is 7.37. The van der Waals surface area contributed by atoms with E-state index < -0.39 is 0 Å². The molecule has 1 aliphatic heterocycles. The van der Waals surface area contributed by atoms with Crippen molar-refractivity contribution in [2.24, 2.45) is 4.99 Å². The van der Waals surface area contributed by atoms with Crippen LogP contribution in [0.2, 0.25) is 5.02 Å². The molecule has 1 saturated heterocycles. The van der Waals surface area contributed by atoms with E-state index in [-0.39, 0.29) is 5.91 Å². The molecule has 4 aromatic carbocycles. The second-order valence-electron chi connectivity index (χ2n) is 9.26. The van der Waals surface area contributed by atoms with Gasteiger partial charge in [0, 0.05) is 5.02 Å². The van der Waals surface area contributed by atoms with E-state index in [1.165, 1.54) is 11.8 Å².